The van der Waals surface area contributed by atoms with Crippen LogP contribution in [0.2, 0.25) is 0 Å². The van der Waals surface area contributed by atoms with E-state index in [9.17, 15) is 0 Å². The van der Waals surface area contributed by atoms with Gasteiger partial charge in [-0.3, -0.25) is 11.3 Å². The van der Waals surface area contributed by atoms with Gasteiger partial charge in [0.05, 0.1) is 7.11 Å². The van der Waals surface area contributed by atoms with Gasteiger partial charge < -0.3 is 4.74 Å². The second kappa shape index (κ2) is 6.55. The minimum atomic E-state index is 0.118. The van der Waals surface area contributed by atoms with Gasteiger partial charge in [0.15, 0.2) is 0 Å². The van der Waals surface area contributed by atoms with Gasteiger partial charge in [-0.15, -0.1) is 0 Å². The summed E-state index contributed by atoms with van der Waals surface area (Å²) in [5.41, 5.74) is 4.30. The molecule has 3 nitrogen and oxygen atoms in total. The van der Waals surface area contributed by atoms with Gasteiger partial charge in [0, 0.05) is 16.1 Å². The maximum atomic E-state index is 5.68. The van der Waals surface area contributed by atoms with E-state index in [1.165, 1.54) is 0 Å². The van der Waals surface area contributed by atoms with Crippen molar-refractivity contribution in [2.75, 3.05) is 7.11 Å². The summed E-state index contributed by atoms with van der Waals surface area (Å²) in [6.07, 6.45) is 2.08. The molecule has 4 heteroatoms. The number of nitrogens with one attached hydrogen (secondary N) is 1. The van der Waals surface area contributed by atoms with Gasteiger partial charge in [0.2, 0.25) is 0 Å². The molecule has 0 spiro atoms. The number of nitrogens with two attached hydrogens (primary N) is 1. The molecule has 3 N–H and O–H groups in total. The quantitative estimate of drug-likeness (QED) is 0.642. The highest BCUT2D eigenvalue weighted by Crippen LogP contribution is 2.33. The SMILES string of the molecule is COc1cc(Br)ccc1C(CCC(C)(C)C)NN. The molecule has 0 saturated carbocycles. The van der Waals surface area contributed by atoms with Crippen molar-refractivity contribution in [1.29, 1.82) is 0 Å². The Kier molecular flexibility index (Phi) is 5.63. The molecular weight excluding hydrogens is 292 g/mol. The number of hydrazine groups is 1. The highest BCUT2D eigenvalue weighted by molar-refractivity contribution is 9.10. The summed E-state index contributed by atoms with van der Waals surface area (Å²) in [6.45, 7) is 6.71. The molecule has 0 aliphatic heterocycles. The number of ether oxygens (including phenoxy) is 1. The van der Waals surface area contributed by atoms with Crippen LogP contribution >= 0.6 is 15.9 Å². The highest BCUT2D eigenvalue weighted by Gasteiger charge is 2.18. The first-order valence-electron chi connectivity index (χ1n) is 6.17. The minimum Gasteiger partial charge on any atom is -0.496 e. The van der Waals surface area contributed by atoms with E-state index >= 15 is 0 Å². The van der Waals surface area contributed by atoms with Crippen LogP contribution in [0.1, 0.15) is 45.2 Å². The third-order valence-electron chi connectivity index (χ3n) is 2.96. The molecule has 0 aliphatic rings. The molecule has 0 aliphatic carbocycles. The lowest BCUT2D eigenvalue weighted by atomic mass is 9.87. The topological polar surface area (TPSA) is 47.3 Å². The van der Waals surface area contributed by atoms with Crippen LogP contribution in [0.4, 0.5) is 0 Å². The molecular formula is C14H23BrN2O. The van der Waals surface area contributed by atoms with Crippen molar-refractivity contribution in [1.82, 2.24) is 5.43 Å². The molecule has 0 fully saturated rings. The lowest BCUT2D eigenvalue weighted by molar-refractivity contribution is 0.327. The summed E-state index contributed by atoms with van der Waals surface area (Å²) < 4.78 is 6.42. The summed E-state index contributed by atoms with van der Waals surface area (Å²) in [4.78, 5) is 0. The normalized spacial score (nSPS) is 13.4. The Morgan fingerprint density at radius 3 is 2.56 bits per heavy atom. The summed E-state index contributed by atoms with van der Waals surface area (Å²) in [5, 5.41) is 0. The van der Waals surface area contributed by atoms with Crippen molar-refractivity contribution < 1.29 is 4.74 Å². The Labute approximate surface area is 118 Å². The first kappa shape index (κ1) is 15.5. The van der Waals surface area contributed by atoms with E-state index < -0.39 is 0 Å². The number of hydrogen-bond donors (Lipinski definition) is 2. The van der Waals surface area contributed by atoms with Crippen LogP contribution < -0.4 is 16.0 Å². The second-order valence-corrected chi connectivity index (χ2v) is 6.62. The van der Waals surface area contributed by atoms with Crippen molar-refractivity contribution in [3.05, 3.63) is 28.2 Å². The molecule has 1 aromatic rings. The number of halogens is 1. The lowest BCUT2D eigenvalue weighted by Gasteiger charge is -2.24. The van der Waals surface area contributed by atoms with Gasteiger partial charge in [-0.25, -0.2) is 0 Å². The van der Waals surface area contributed by atoms with Crippen LogP contribution in [-0.4, -0.2) is 7.11 Å². The fourth-order valence-corrected chi connectivity index (χ4v) is 2.22. The van der Waals surface area contributed by atoms with Gasteiger partial charge in [-0.2, -0.15) is 0 Å². The number of hydrogen-bond acceptors (Lipinski definition) is 3. The van der Waals surface area contributed by atoms with Crippen LogP contribution in [0.3, 0.4) is 0 Å². The number of benzene rings is 1. The Morgan fingerprint density at radius 1 is 1.39 bits per heavy atom. The minimum absolute atomic E-state index is 0.118. The van der Waals surface area contributed by atoms with Gasteiger partial charge >= 0.3 is 0 Å². The Balaban J connectivity index is 2.88. The van der Waals surface area contributed by atoms with E-state index in [0.29, 0.717) is 5.41 Å². The van der Waals surface area contributed by atoms with Gasteiger partial charge in [-0.1, -0.05) is 42.8 Å². The van der Waals surface area contributed by atoms with Gasteiger partial charge in [-0.05, 0) is 30.4 Å². The standard InChI is InChI=1S/C14H23BrN2O/c1-14(2,3)8-7-12(17-16)11-6-5-10(15)9-13(11)18-4/h5-6,9,12,17H,7-8,16H2,1-4H3. The predicted octanol–water partition coefficient (Wildman–Crippen LogP) is 3.79. The van der Waals surface area contributed by atoms with Crippen LogP contribution in [0, 0.1) is 5.41 Å². The Bertz CT molecular complexity index is 388. The van der Waals surface area contributed by atoms with E-state index in [1.54, 1.807) is 7.11 Å². The van der Waals surface area contributed by atoms with E-state index in [1.807, 2.05) is 12.1 Å². The molecule has 18 heavy (non-hydrogen) atoms. The van der Waals surface area contributed by atoms with Crippen molar-refractivity contribution in [3.8, 4) is 5.75 Å². The summed E-state index contributed by atoms with van der Waals surface area (Å²) >= 11 is 3.45. The molecule has 0 amide bonds. The first-order chi connectivity index (χ1) is 8.37. The second-order valence-electron chi connectivity index (χ2n) is 5.70. The average molecular weight is 315 g/mol. The van der Waals surface area contributed by atoms with E-state index in [4.69, 9.17) is 10.6 Å². The molecule has 102 valence electrons. The molecule has 1 atom stereocenters. The monoisotopic (exact) mass is 314 g/mol. The zero-order chi connectivity index (χ0) is 13.8. The molecule has 0 aromatic heterocycles. The van der Waals surface area contributed by atoms with Crippen LogP contribution in [0.15, 0.2) is 22.7 Å². The molecule has 1 unspecified atom stereocenters. The van der Waals surface area contributed by atoms with E-state index in [-0.39, 0.29) is 6.04 Å². The van der Waals surface area contributed by atoms with Crippen LogP contribution in [0.25, 0.3) is 0 Å². The molecule has 1 aromatic carbocycles. The predicted molar refractivity (Wildman–Crippen MR) is 79.4 cm³/mol. The summed E-state index contributed by atoms with van der Waals surface area (Å²) in [7, 11) is 1.68. The third-order valence-corrected chi connectivity index (χ3v) is 3.45. The smallest absolute Gasteiger partial charge is 0.124 e. The zero-order valence-corrected chi connectivity index (χ0v) is 13.2. The number of methoxy groups -OCH3 is 1. The van der Waals surface area contributed by atoms with E-state index in [2.05, 4.69) is 48.2 Å². The van der Waals surface area contributed by atoms with Crippen LogP contribution in [-0.2, 0) is 0 Å². The fourth-order valence-electron chi connectivity index (χ4n) is 1.88. The lowest BCUT2D eigenvalue weighted by Crippen LogP contribution is -2.29. The molecule has 0 heterocycles. The maximum Gasteiger partial charge on any atom is 0.124 e. The third kappa shape index (κ3) is 4.59. The van der Waals surface area contributed by atoms with Gasteiger partial charge in [0.1, 0.15) is 5.75 Å². The highest BCUT2D eigenvalue weighted by atomic mass is 79.9. The fraction of sp³-hybridized carbons (Fsp3) is 0.571. The van der Waals surface area contributed by atoms with E-state index in [0.717, 1.165) is 28.6 Å². The Hall–Kier alpha value is -0.580. The Morgan fingerprint density at radius 2 is 2.06 bits per heavy atom. The summed E-state index contributed by atoms with van der Waals surface area (Å²) in [5.74, 6) is 6.54. The first-order valence-corrected chi connectivity index (χ1v) is 6.96. The molecule has 0 radical (unpaired) electrons. The van der Waals surface area contributed by atoms with Crippen LogP contribution in [0.5, 0.6) is 5.75 Å². The van der Waals surface area contributed by atoms with Crippen molar-refractivity contribution >= 4 is 15.9 Å². The molecule has 0 saturated heterocycles. The number of rotatable bonds is 5. The van der Waals surface area contributed by atoms with Gasteiger partial charge in [0.25, 0.3) is 0 Å². The van der Waals surface area contributed by atoms with Crippen molar-refractivity contribution in [2.45, 2.75) is 39.7 Å². The van der Waals surface area contributed by atoms with Crippen molar-refractivity contribution in [2.24, 2.45) is 11.3 Å². The van der Waals surface area contributed by atoms with Crippen molar-refractivity contribution in [3.63, 3.8) is 0 Å². The average Bonchev–Trinajstić information content (AvgIpc) is 2.29. The molecule has 1 rings (SSSR count). The maximum absolute atomic E-state index is 5.68. The molecule has 0 bridgehead atoms. The zero-order valence-electron chi connectivity index (χ0n) is 11.6. The summed E-state index contributed by atoms with van der Waals surface area (Å²) in [6, 6.07) is 6.15. The largest absolute Gasteiger partial charge is 0.496 e.